The molecule has 3 rings (SSSR count). The van der Waals surface area contributed by atoms with Gasteiger partial charge in [-0.25, -0.2) is 0 Å². The van der Waals surface area contributed by atoms with Gasteiger partial charge in [-0.3, -0.25) is 0 Å². The first-order valence-corrected chi connectivity index (χ1v) is 9.61. The van der Waals surface area contributed by atoms with Crippen molar-refractivity contribution in [2.45, 2.75) is 25.5 Å². The van der Waals surface area contributed by atoms with E-state index in [1.165, 1.54) is 5.56 Å². The molecule has 3 aromatic rings. The molecule has 0 aliphatic heterocycles. The summed E-state index contributed by atoms with van der Waals surface area (Å²) in [6.45, 7) is 5.60. The lowest BCUT2D eigenvalue weighted by Crippen LogP contribution is -2.04. The Morgan fingerprint density at radius 2 is 1.73 bits per heavy atom. The van der Waals surface area contributed by atoms with Crippen molar-refractivity contribution in [1.82, 2.24) is 14.8 Å². The smallest absolute Gasteiger partial charge is 0.191 e. The van der Waals surface area contributed by atoms with Gasteiger partial charge in [-0.2, -0.15) is 0 Å². The van der Waals surface area contributed by atoms with E-state index in [1.807, 2.05) is 36.4 Å². The molecule has 0 spiro atoms. The summed E-state index contributed by atoms with van der Waals surface area (Å²) >= 11 is 1.65. The van der Waals surface area contributed by atoms with Gasteiger partial charge in [0, 0.05) is 17.9 Å². The first-order chi connectivity index (χ1) is 12.7. The van der Waals surface area contributed by atoms with Crippen molar-refractivity contribution in [3.63, 3.8) is 0 Å². The summed E-state index contributed by atoms with van der Waals surface area (Å²) in [6.07, 6.45) is 0. The largest absolute Gasteiger partial charge is 0.493 e. The Morgan fingerprint density at radius 3 is 2.46 bits per heavy atom. The van der Waals surface area contributed by atoms with Gasteiger partial charge in [0.25, 0.3) is 0 Å². The van der Waals surface area contributed by atoms with Crippen LogP contribution in [0, 0.1) is 6.92 Å². The van der Waals surface area contributed by atoms with Crippen LogP contribution in [0.15, 0.2) is 53.7 Å². The quantitative estimate of drug-likeness (QED) is 0.434. The molecule has 1 heterocycles. The fraction of sp³-hybridized carbons (Fsp3) is 0.300. The SMILES string of the molecule is CCn1c(SCCOc2ccccc2OC)nnc1-c1ccccc1C. The highest BCUT2D eigenvalue weighted by Crippen LogP contribution is 2.28. The molecule has 0 bridgehead atoms. The van der Waals surface area contributed by atoms with Crippen molar-refractivity contribution in [3.8, 4) is 22.9 Å². The molecule has 1 aromatic heterocycles. The van der Waals surface area contributed by atoms with E-state index in [4.69, 9.17) is 9.47 Å². The number of para-hydroxylation sites is 2. The second-order valence-electron chi connectivity index (χ2n) is 5.71. The number of aryl methyl sites for hydroxylation is 1. The highest BCUT2D eigenvalue weighted by Gasteiger charge is 2.14. The minimum atomic E-state index is 0.571. The van der Waals surface area contributed by atoms with E-state index in [2.05, 4.69) is 40.7 Å². The lowest BCUT2D eigenvalue weighted by atomic mass is 10.1. The van der Waals surface area contributed by atoms with Crippen molar-refractivity contribution >= 4 is 11.8 Å². The Kier molecular flexibility index (Phi) is 6.17. The van der Waals surface area contributed by atoms with Crippen molar-refractivity contribution in [3.05, 3.63) is 54.1 Å². The number of nitrogens with zero attached hydrogens (tertiary/aromatic N) is 3. The zero-order valence-electron chi connectivity index (χ0n) is 15.3. The van der Waals surface area contributed by atoms with Gasteiger partial charge >= 0.3 is 0 Å². The minimum Gasteiger partial charge on any atom is -0.493 e. The van der Waals surface area contributed by atoms with E-state index in [-0.39, 0.29) is 0 Å². The third-order valence-electron chi connectivity index (χ3n) is 4.06. The number of aromatic nitrogens is 3. The molecule has 0 N–H and O–H groups in total. The molecule has 0 radical (unpaired) electrons. The summed E-state index contributed by atoms with van der Waals surface area (Å²) in [7, 11) is 1.65. The number of hydrogen-bond acceptors (Lipinski definition) is 5. The van der Waals surface area contributed by atoms with Gasteiger partial charge in [-0.15, -0.1) is 10.2 Å². The van der Waals surface area contributed by atoms with Gasteiger partial charge < -0.3 is 14.0 Å². The Morgan fingerprint density at radius 1 is 1.00 bits per heavy atom. The number of methoxy groups -OCH3 is 1. The van der Waals surface area contributed by atoms with Crippen LogP contribution in [0.5, 0.6) is 11.5 Å². The first-order valence-electron chi connectivity index (χ1n) is 8.62. The summed E-state index contributed by atoms with van der Waals surface area (Å²) in [5.74, 6) is 3.20. The molecule has 0 aliphatic carbocycles. The number of benzene rings is 2. The van der Waals surface area contributed by atoms with Crippen LogP contribution in [-0.4, -0.2) is 34.2 Å². The molecule has 0 aliphatic rings. The van der Waals surface area contributed by atoms with Crippen LogP contribution in [0.2, 0.25) is 0 Å². The van der Waals surface area contributed by atoms with Gasteiger partial charge in [-0.05, 0) is 31.5 Å². The normalized spacial score (nSPS) is 10.7. The summed E-state index contributed by atoms with van der Waals surface area (Å²) in [6, 6.07) is 15.9. The van der Waals surface area contributed by atoms with E-state index in [9.17, 15) is 0 Å². The van der Waals surface area contributed by atoms with Crippen LogP contribution in [0.4, 0.5) is 0 Å². The van der Waals surface area contributed by atoms with Crippen LogP contribution < -0.4 is 9.47 Å². The zero-order valence-corrected chi connectivity index (χ0v) is 16.1. The standard InChI is InChI=1S/C20H23N3O2S/c1-4-23-19(16-10-6-5-9-15(16)2)21-22-20(23)26-14-13-25-18-12-8-7-11-17(18)24-3/h5-12H,4,13-14H2,1-3H3. The van der Waals surface area contributed by atoms with Crippen LogP contribution in [0.1, 0.15) is 12.5 Å². The van der Waals surface area contributed by atoms with Gasteiger partial charge in [0.05, 0.1) is 13.7 Å². The average molecular weight is 369 g/mol. The summed E-state index contributed by atoms with van der Waals surface area (Å²) in [4.78, 5) is 0. The Bertz CT molecular complexity index is 864. The Balaban J connectivity index is 1.65. The Hall–Kier alpha value is -2.47. The molecule has 26 heavy (non-hydrogen) atoms. The third kappa shape index (κ3) is 4.02. The van der Waals surface area contributed by atoms with Gasteiger partial charge in [0.2, 0.25) is 0 Å². The van der Waals surface area contributed by atoms with E-state index >= 15 is 0 Å². The molecule has 5 nitrogen and oxygen atoms in total. The molecule has 0 fully saturated rings. The Labute approximate surface area is 158 Å². The first kappa shape index (κ1) is 18.3. The predicted molar refractivity (Wildman–Crippen MR) is 105 cm³/mol. The predicted octanol–water partition coefficient (Wildman–Crippen LogP) is 4.45. The van der Waals surface area contributed by atoms with E-state index < -0.39 is 0 Å². The van der Waals surface area contributed by atoms with Crippen molar-refractivity contribution in [2.75, 3.05) is 19.5 Å². The van der Waals surface area contributed by atoms with Crippen LogP contribution in [0.3, 0.4) is 0 Å². The van der Waals surface area contributed by atoms with Gasteiger partial charge in [0.1, 0.15) is 0 Å². The lowest BCUT2D eigenvalue weighted by molar-refractivity contribution is 0.313. The molecule has 0 saturated carbocycles. The zero-order chi connectivity index (χ0) is 18.4. The van der Waals surface area contributed by atoms with Crippen molar-refractivity contribution in [2.24, 2.45) is 0 Å². The molecule has 0 saturated heterocycles. The van der Waals surface area contributed by atoms with E-state index in [0.29, 0.717) is 6.61 Å². The minimum absolute atomic E-state index is 0.571. The van der Waals surface area contributed by atoms with Gasteiger partial charge in [-0.1, -0.05) is 48.2 Å². The van der Waals surface area contributed by atoms with Crippen molar-refractivity contribution in [1.29, 1.82) is 0 Å². The summed E-state index contributed by atoms with van der Waals surface area (Å²) in [5, 5.41) is 9.70. The highest BCUT2D eigenvalue weighted by molar-refractivity contribution is 7.99. The fourth-order valence-corrected chi connectivity index (χ4v) is 3.55. The molecule has 0 unspecified atom stereocenters. The summed E-state index contributed by atoms with van der Waals surface area (Å²) in [5.41, 5.74) is 2.32. The van der Waals surface area contributed by atoms with E-state index in [1.54, 1.807) is 18.9 Å². The van der Waals surface area contributed by atoms with Crippen LogP contribution in [-0.2, 0) is 6.54 Å². The number of rotatable bonds is 8. The van der Waals surface area contributed by atoms with E-state index in [0.717, 1.165) is 40.3 Å². The maximum atomic E-state index is 5.83. The second kappa shape index (κ2) is 8.76. The molecular formula is C20H23N3O2S. The molecule has 2 aromatic carbocycles. The lowest BCUT2D eigenvalue weighted by Gasteiger charge is -2.11. The molecule has 0 atom stereocenters. The molecular weight excluding hydrogens is 346 g/mol. The molecule has 6 heteroatoms. The highest BCUT2D eigenvalue weighted by atomic mass is 32.2. The van der Waals surface area contributed by atoms with Gasteiger partial charge in [0.15, 0.2) is 22.5 Å². The van der Waals surface area contributed by atoms with Crippen LogP contribution in [0.25, 0.3) is 11.4 Å². The average Bonchev–Trinajstić information content (AvgIpc) is 3.08. The molecule has 0 amide bonds. The third-order valence-corrected chi connectivity index (χ3v) is 4.99. The van der Waals surface area contributed by atoms with Crippen molar-refractivity contribution < 1.29 is 9.47 Å². The maximum absolute atomic E-state index is 5.83. The molecule has 136 valence electrons. The monoisotopic (exact) mass is 369 g/mol. The summed E-state index contributed by atoms with van der Waals surface area (Å²) < 4.78 is 13.3. The second-order valence-corrected chi connectivity index (χ2v) is 6.78. The maximum Gasteiger partial charge on any atom is 0.191 e. The fourth-order valence-electron chi connectivity index (χ4n) is 2.73. The number of hydrogen-bond donors (Lipinski definition) is 0. The number of ether oxygens (including phenoxy) is 2. The van der Waals surface area contributed by atoms with Crippen LogP contribution >= 0.6 is 11.8 Å². The topological polar surface area (TPSA) is 49.2 Å². The number of thioether (sulfide) groups is 1.